The van der Waals surface area contributed by atoms with E-state index in [1.165, 1.54) is 11.3 Å². The van der Waals surface area contributed by atoms with Gasteiger partial charge >= 0.3 is 5.97 Å². The van der Waals surface area contributed by atoms with Gasteiger partial charge in [-0.2, -0.15) is 0 Å². The molecule has 0 N–H and O–H groups in total. The van der Waals surface area contributed by atoms with Gasteiger partial charge in [-0.25, -0.2) is 4.79 Å². The second-order valence-electron chi connectivity index (χ2n) is 8.45. The summed E-state index contributed by atoms with van der Waals surface area (Å²) in [6.45, 7) is 12.5. The first kappa shape index (κ1) is 20.2. The second kappa shape index (κ2) is 7.86. The van der Waals surface area contributed by atoms with Crippen LogP contribution < -0.4 is 9.80 Å². The number of ether oxygens (including phenoxy) is 1. The van der Waals surface area contributed by atoms with Crippen LogP contribution in [0.1, 0.15) is 57.0 Å². The summed E-state index contributed by atoms with van der Waals surface area (Å²) in [4.78, 5) is 16.5. The van der Waals surface area contributed by atoms with Crippen LogP contribution in [0.15, 0.2) is 42.5 Å². The van der Waals surface area contributed by atoms with Gasteiger partial charge in [0.1, 0.15) is 0 Å². The number of anilines is 3. The van der Waals surface area contributed by atoms with Gasteiger partial charge in [0.2, 0.25) is 0 Å². The third kappa shape index (κ3) is 3.87. The van der Waals surface area contributed by atoms with Crippen molar-refractivity contribution >= 4 is 23.0 Å². The summed E-state index contributed by atoms with van der Waals surface area (Å²) in [6, 6.07) is 14.9. The predicted octanol–water partition coefficient (Wildman–Crippen LogP) is 5.53. The fraction of sp³-hybridized carbons (Fsp3) is 0.458. The molecular weight excluding hydrogens is 348 g/mol. The van der Waals surface area contributed by atoms with Gasteiger partial charge in [0.05, 0.1) is 12.2 Å². The van der Waals surface area contributed by atoms with Crippen LogP contribution in [-0.2, 0) is 10.2 Å². The zero-order chi connectivity index (χ0) is 20.5. The zero-order valence-corrected chi connectivity index (χ0v) is 18.0. The maximum atomic E-state index is 11.9. The van der Waals surface area contributed by atoms with Crippen LogP contribution >= 0.6 is 0 Å². The summed E-state index contributed by atoms with van der Waals surface area (Å²) >= 11 is 0. The number of carbonyl (C=O) groups excluding carboxylic acids is 1. The van der Waals surface area contributed by atoms with Crippen molar-refractivity contribution in [2.45, 2.75) is 52.5 Å². The van der Waals surface area contributed by atoms with Crippen molar-refractivity contribution in [1.82, 2.24) is 0 Å². The molecule has 0 radical (unpaired) electrons. The van der Waals surface area contributed by atoms with E-state index in [-0.39, 0.29) is 11.4 Å². The molecule has 0 aromatic heterocycles. The van der Waals surface area contributed by atoms with E-state index in [4.69, 9.17) is 4.74 Å². The van der Waals surface area contributed by atoms with Gasteiger partial charge in [0.15, 0.2) is 0 Å². The van der Waals surface area contributed by atoms with Crippen LogP contribution in [0, 0.1) is 0 Å². The number of nitrogens with zero attached hydrogens (tertiary/aromatic N) is 2. The molecule has 28 heavy (non-hydrogen) atoms. The molecule has 2 aromatic carbocycles. The van der Waals surface area contributed by atoms with Crippen LogP contribution in [0.5, 0.6) is 0 Å². The van der Waals surface area contributed by atoms with E-state index in [0.29, 0.717) is 18.2 Å². The minimum atomic E-state index is -0.277. The maximum Gasteiger partial charge on any atom is 0.338 e. The summed E-state index contributed by atoms with van der Waals surface area (Å²) in [7, 11) is 2.07. The molecule has 150 valence electrons. The topological polar surface area (TPSA) is 32.8 Å². The smallest absolute Gasteiger partial charge is 0.338 e. The van der Waals surface area contributed by atoms with Crippen LogP contribution in [0.25, 0.3) is 0 Å². The first-order chi connectivity index (χ1) is 13.2. The Morgan fingerprint density at radius 3 is 2.39 bits per heavy atom. The van der Waals surface area contributed by atoms with Crippen molar-refractivity contribution in [3.8, 4) is 0 Å². The maximum absolute atomic E-state index is 11.9. The quantitative estimate of drug-likeness (QED) is 0.639. The molecule has 3 rings (SSSR count). The number of rotatable bonds is 5. The Morgan fingerprint density at radius 1 is 1.14 bits per heavy atom. The third-order valence-electron chi connectivity index (χ3n) is 5.77. The number of hydrogen-bond donors (Lipinski definition) is 0. The van der Waals surface area contributed by atoms with Crippen LogP contribution in [0.4, 0.5) is 17.1 Å². The molecule has 0 aliphatic carbocycles. The normalized spacial score (nSPS) is 15.3. The van der Waals surface area contributed by atoms with E-state index < -0.39 is 0 Å². The first-order valence-corrected chi connectivity index (χ1v) is 10.2. The van der Waals surface area contributed by atoms with Crippen molar-refractivity contribution in [2.24, 2.45) is 0 Å². The van der Waals surface area contributed by atoms with Crippen molar-refractivity contribution in [3.05, 3.63) is 53.6 Å². The Kier molecular flexibility index (Phi) is 5.69. The number of benzene rings is 2. The fourth-order valence-electron chi connectivity index (χ4n) is 3.90. The van der Waals surface area contributed by atoms with Gasteiger partial charge < -0.3 is 14.5 Å². The predicted molar refractivity (Wildman–Crippen MR) is 117 cm³/mol. The lowest BCUT2D eigenvalue weighted by atomic mass is 9.77. The molecule has 1 aliphatic rings. The standard InChI is InChI=1S/C24H32N2O2/c1-7-28-23(27)18-8-10-19(11-9-18)25(6)20-12-13-22-21(16-20)24(4,5)14-15-26(22)17(2)3/h8-13,16-17H,7,14-15H2,1-6H3. The Hall–Kier alpha value is -2.49. The molecule has 2 aromatic rings. The van der Waals surface area contributed by atoms with E-state index in [1.54, 1.807) is 0 Å². The molecule has 0 amide bonds. The Morgan fingerprint density at radius 2 is 1.79 bits per heavy atom. The van der Waals surface area contributed by atoms with E-state index in [0.717, 1.165) is 24.3 Å². The van der Waals surface area contributed by atoms with Crippen molar-refractivity contribution in [3.63, 3.8) is 0 Å². The average molecular weight is 381 g/mol. The monoisotopic (exact) mass is 380 g/mol. The summed E-state index contributed by atoms with van der Waals surface area (Å²) in [5.74, 6) is -0.277. The third-order valence-corrected chi connectivity index (χ3v) is 5.77. The molecule has 4 heteroatoms. The van der Waals surface area contributed by atoms with Gasteiger partial charge in [-0.1, -0.05) is 13.8 Å². The van der Waals surface area contributed by atoms with Gasteiger partial charge in [-0.05, 0) is 80.6 Å². The Labute approximate surface area is 169 Å². The van der Waals surface area contributed by atoms with Crippen LogP contribution in [-0.4, -0.2) is 32.2 Å². The molecule has 0 saturated heterocycles. The summed E-state index contributed by atoms with van der Waals surface area (Å²) in [6.07, 6.45) is 1.15. The molecule has 0 atom stereocenters. The van der Waals surface area contributed by atoms with Gasteiger partial charge in [0.25, 0.3) is 0 Å². The van der Waals surface area contributed by atoms with E-state index >= 15 is 0 Å². The molecule has 4 nitrogen and oxygen atoms in total. The van der Waals surface area contributed by atoms with Gasteiger partial charge in [-0.3, -0.25) is 0 Å². The van der Waals surface area contributed by atoms with Crippen molar-refractivity contribution in [1.29, 1.82) is 0 Å². The van der Waals surface area contributed by atoms with Crippen LogP contribution in [0.2, 0.25) is 0 Å². The fourth-order valence-corrected chi connectivity index (χ4v) is 3.90. The number of carbonyl (C=O) groups is 1. The number of esters is 1. The lowest BCUT2D eigenvalue weighted by molar-refractivity contribution is 0.0526. The summed E-state index contributed by atoms with van der Waals surface area (Å²) in [5, 5.41) is 0. The lowest BCUT2D eigenvalue weighted by Gasteiger charge is -2.43. The summed E-state index contributed by atoms with van der Waals surface area (Å²) in [5.41, 5.74) is 5.69. The highest BCUT2D eigenvalue weighted by molar-refractivity contribution is 5.90. The lowest BCUT2D eigenvalue weighted by Crippen LogP contribution is -2.41. The highest BCUT2D eigenvalue weighted by Crippen LogP contribution is 2.42. The molecule has 0 fully saturated rings. The Balaban J connectivity index is 1.91. The van der Waals surface area contributed by atoms with Crippen molar-refractivity contribution < 1.29 is 9.53 Å². The number of hydrogen-bond acceptors (Lipinski definition) is 4. The van der Waals surface area contributed by atoms with E-state index in [1.807, 2.05) is 31.2 Å². The minimum Gasteiger partial charge on any atom is -0.462 e. The highest BCUT2D eigenvalue weighted by atomic mass is 16.5. The van der Waals surface area contributed by atoms with E-state index in [9.17, 15) is 4.79 Å². The first-order valence-electron chi connectivity index (χ1n) is 10.2. The zero-order valence-electron chi connectivity index (χ0n) is 18.0. The number of fused-ring (bicyclic) bond motifs is 1. The molecular formula is C24H32N2O2. The van der Waals surface area contributed by atoms with Crippen molar-refractivity contribution in [2.75, 3.05) is 30.0 Å². The highest BCUT2D eigenvalue weighted by Gasteiger charge is 2.32. The molecule has 0 saturated carbocycles. The van der Waals surface area contributed by atoms with Gasteiger partial charge in [-0.15, -0.1) is 0 Å². The largest absolute Gasteiger partial charge is 0.462 e. The van der Waals surface area contributed by atoms with Gasteiger partial charge in [0, 0.05) is 36.7 Å². The Bertz CT molecular complexity index is 840. The second-order valence-corrected chi connectivity index (χ2v) is 8.45. The summed E-state index contributed by atoms with van der Waals surface area (Å²) < 4.78 is 5.07. The molecule has 0 spiro atoms. The molecule has 1 heterocycles. The van der Waals surface area contributed by atoms with E-state index in [2.05, 4.69) is 62.7 Å². The molecule has 0 bridgehead atoms. The molecule has 1 aliphatic heterocycles. The minimum absolute atomic E-state index is 0.158. The average Bonchev–Trinajstić information content (AvgIpc) is 2.67. The SMILES string of the molecule is CCOC(=O)c1ccc(N(C)c2ccc3c(c2)C(C)(C)CCN3C(C)C)cc1. The molecule has 0 unspecified atom stereocenters. The van der Waals surface area contributed by atoms with Crippen LogP contribution in [0.3, 0.4) is 0 Å².